The Kier molecular flexibility index (Phi) is 3.00. The second-order valence-corrected chi connectivity index (χ2v) is 5.01. The van der Waals surface area contributed by atoms with Crippen molar-refractivity contribution in [2.24, 2.45) is 5.84 Å². The van der Waals surface area contributed by atoms with E-state index in [0.29, 0.717) is 22.2 Å². The van der Waals surface area contributed by atoms with E-state index in [0.717, 1.165) is 5.39 Å². The minimum Gasteiger partial charge on any atom is -0.298 e. The summed E-state index contributed by atoms with van der Waals surface area (Å²) in [5.74, 6) is 5.24. The van der Waals surface area contributed by atoms with Gasteiger partial charge in [-0.25, -0.2) is 5.84 Å². The molecule has 0 amide bonds. The number of nitrogens with one attached hydrogen (secondary N) is 1. The molecular formula is C10H9N7O2S. The number of hydrogen-bond acceptors (Lipinski definition) is 8. The molecule has 3 rings (SSSR count). The Morgan fingerprint density at radius 3 is 3.00 bits per heavy atom. The van der Waals surface area contributed by atoms with Crippen molar-refractivity contribution in [3.8, 4) is 0 Å². The lowest BCUT2D eigenvalue weighted by atomic mass is 10.2. The van der Waals surface area contributed by atoms with Crippen molar-refractivity contribution < 1.29 is 4.92 Å². The molecule has 0 atom stereocenters. The van der Waals surface area contributed by atoms with Gasteiger partial charge >= 0.3 is 0 Å². The van der Waals surface area contributed by atoms with E-state index in [9.17, 15) is 10.1 Å². The van der Waals surface area contributed by atoms with Crippen LogP contribution in [0.25, 0.3) is 10.9 Å². The smallest absolute Gasteiger partial charge is 0.271 e. The molecule has 0 spiro atoms. The number of rotatable bonds is 4. The van der Waals surface area contributed by atoms with Gasteiger partial charge in [0.25, 0.3) is 5.69 Å². The molecule has 9 nitrogen and oxygen atoms in total. The summed E-state index contributed by atoms with van der Waals surface area (Å²) in [6.07, 6.45) is 1.65. The fourth-order valence-electron chi connectivity index (χ4n) is 1.80. The Bertz CT molecular complexity index is 781. The first-order chi connectivity index (χ1) is 9.67. The molecule has 10 heteroatoms. The summed E-state index contributed by atoms with van der Waals surface area (Å²) in [7, 11) is 0. The van der Waals surface area contributed by atoms with E-state index in [1.807, 2.05) is 0 Å². The SMILES string of the molecule is NNc1nnc(Cn2ncc3ccc([N+](=O)[O-])cc32)s1. The highest BCUT2D eigenvalue weighted by molar-refractivity contribution is 7.15. The Labute approximate surface area is 116 Å². The van der Waals surface area contributed by atoms with Gasteiger partial charge in [0.1, 0.15) is 5.01 Å². The highest BCUT2D eigenvalue weighted by atomic mass is 32.1. The minimum atomic E-state index is -0.432. The van der Waals surface area contributed by atoms with Crippen molar-refractivity contribution in [3.63, 3.8) is 0 Å². The van der Waals surface area contributed by atoms with Crippen LogP contribution < -0.4 is 11.3 Å². The largest absolute Gasteiger partial charge is 0.298 e. The van der Waals surface area contributed by atoms with Crippen LogP contribution in [-0.4, -0.2) is 24.9 Å². The van der Waals surface area contributed by atoms with E-state index in [1.165, 1.54) is 23.5 Å². The Balaban J connectivity index is 1.98. The van der Waals surface area contributed by atoms with Crippen molar-refractivity contribution >= 4 is 33.1 Å². The van der Waals surface area contributed by atoms with Gasteiger partial charge in [-0.2, -0.15) is 5.10 Å². The molecule has 2 heterocycles. The van der Waals surface area contributed by atoms with Crippen molar-refractivity contribution in [1.82, 2.24) is 20.0 Å². The molecule has 0 saturated carbocycles. The molecule has 102 valence electrons. The predicted octanol–water partition coefficient (Wildman–Crippen LogP) is 1.13. The Hall–Kier alpha value is -2.59. The number of aromatic nitrogens is 4. The maximum absolute atomic E-state index is 10.8. The average molecular weight is 291 g/mol. The highest BCUT2D eigenvalue weighted by Gasteiger charge is 2.12. The average Bonchev–Trinajstić information content (AvgIpc) is 3.06. The summed E-state index contributed by atoms with van der Waals surface area (Å²) in [6, 6.07) is 4.62. The van der Waals surface area contributed by atoms with Crippen LogP contribution in [0.2, 0.25) is 0 Å². The standard InChI is InChI=1S/C10H9N7O2S/c11-13-10-15-14-9(20-10)5-16-8-3-7(17(18)19)2-1-6(8)4-12-16/h1-4H,5,11H2,(H,13,15). The number of anilines is 1. The summed E-state index contributed by atoms with van der Waals surface area (Å²) >= 11 is 1.30. The molecule has 3 N–H and O–H groups in total. The molecule has 0 unspecified atom stereocenters. The maximum Gasteiger partial charge on any atom is 0.271 e. The monoisotopic (exact) mass is 291 g/mol. The number of fused-ring (bicyclic) bond motifs is 1. The van der Waals surface area contributed by atoms with Gasteiger partial charge in [0, 0.05) is 17.5 Å². The van der Waals surface area contributed by atoms with E-state index < -0.39 is 4.92 Å². The van der Waals surface area contributed by atoms with Gasteiger partial charge < -0.3 is 0 Å². The molecular weight excluding hydrogens is 282 g/mol. The Morgan fingerprint density at radius 1 is 1.45 bits per heavy atom. The topological polar surface area (TPSA) is 125 Å². The number of nitro benzene ring substituents is 1. The predicted molar refractivity (Wildman–Crippen MR) is 73.2 cm³/mol. The third kappa shape index (κ3) is 2.17. The molecule has 0 aliphatic carbocycles. The third-order valence-corrected chi connectivity index (χ3v) is 3.55. The van der Waals surface area contributed by atoms with Crippen molar-refractivity contribution in [2.75, 3.05) is 5.43 Å². The summed E-state index contributed by atoms with van der Waals surface area (Å²) in [4.78, 5) is 10.4. The first-order valence-corrected chi connectivity index (χ1v) is 6.38. The number of nitrogens with zero attached hydrogens (tertiary/aromatic N) is 5. The van der Waals surface area contributed by atoms with Crippen LogP contribution in [0.4, 0.5) is 10.8 Å². The first kappa shape index (κ1) is 12.4. The molecule has 0 aliphatic heterocycles. The zero-order valence-electron chi connectivity index (χ0n) is 10.1. The summed E-state index contributed by atoms with van der Waals surface area (Å²) in [5, 5.41) is 24.8. The van der Waals surface area contributed by atoms with Gasteiger partial charge in [-0.3, -0.25) is 20.2 Å². The molecule has 20 heavy (non-hydrogen) atoms. The van der Waals surface area contributed by atoms with Crippen LogP contribution in [0.3, 0.4) is 0 Å². The number of nitrogens with two attached hydrogens (primary N) is 1. The van der Waals surface area contributed by atoms with Gasteiger partial charge in [0.2, 0.25) is 5.13 Å². The molecule has 0 bridgehead atoms. The van der Waals surface area contributed by atoms with Crippen LogP contribution in [0.15, 0.2) is 24.4 Å². The van der Waals surface area contributed by atoms with E-state index in [-0.39, 0.29) is 5.69 Å². The molecule has 0 saturated heterocycles. The number of hydrogen-bond donors (Lipinski definition) is 2. The molecule has 0 aliphatic rings. The summed E-state index contributed by atoms with van der Waals surface area (Å²) in [5.41, 5.74) is 3.12. The normalized spacial score (nSPS) is 10.8. The lowest BCUT2D eigenvalue weighted by molar-refractivity contribution is -0.384. The van der Waals surface area contributed by atoms with Gasteiger partial charge in [0.05, 0.1) is 23.2 Å². The van der Waals surface area contributed by atoms with Gasteiger partial charge in [-0.05, 0) is 6.07 Å². The summed E-state index contributed by atoms with van der Waals surface area (Å²) in [6.45, 7) is 0.379. The Morgan fingerprint density at radius 2 is 2.30 bits per heavy atom. The fraction of sp³-hybridized carbons (Fsp3) is 0.100. The van der Waals surface area contributed by atoms with Gasteiger partial charge in [-0.15, -0.1) is 10.2 Å². The van der Waals surface area contributed by atoms with Gasteiger partial charge in [0.15, 0.2) is 0 Å². The number of benzene rings is 1. The van der Waals surface area contributed by atoms with Crippen LogP contribution in [-0.2, 0) is 6.54 Å². The zero-order valence-corrected chi connectivity index (χ0v) is 10.9. The maximum atomic E-state index is 10.8. The number of non-ortho nitro benzene ring substituents is 1. The fourth-order valence-corrected chi connectivity index (χ4v) is 2.43. The molecule has 0 radical (unpaired) electrons. The molecule has 2 aromatic heterocycles. The van der Waals surface area contributed by atoms with E-state index in [1.54, 1.807) is 16.9 Å². The van der Waals surface area contributed by atoms with Crippen LogP contribution in [0.5, 0.6) is 0 Å². The van der Waals surface area contributed by atoms with Crippen LogP contribution in [0.1, 0.15) is 5.01 Å². The molecule has 1 aromatic carbocycles. The van der Waals surface area contributed by atoms with Gasteiger partial charge in [-0.1, -0.05) is 11.3 Å². The zero-order chi connectivity index (χ0) is 14.1. The van der Waals surface area contributed by atoms with E-state index in [2.05, 4.69) is 20.7 Å². The van der Waals surface area contributed by atoms with E-state index >= 15 is 0 Å². The van der Waals surface area contributed by atoms with Crippen molar-refractivity contribution in [1.29, 1.82) is 0 Å². The molecule has 3 aromatic rings. The van der Waals surface area contributed by atoms with Crippen LogP contribution >= 0.6 is 11.3 Å². The highest BCUT2D eigenvalue weighted by Crippen LogP contribution is 2.22. The number of nitrogen functional groups attached to an aromatic ring is 1. The number of hydrazine groups is 1. The second kappa shape index (κ2) is 4.83. The number of nitro groups is 1. The quantitative estimate of drug-likeness (QED) is 0.419. The lowest BCUT2D eigenvalue weighted by Gasteiger charge is -2.00. The molecule has 0 fully saturated rings. The van der Waals surface area contributed by atoms with Crippen molar-refractivity contribution in [2.45, 2.75) is 6.54 Å². The van der Waals surface area contributed by atoms with Crippen LogP contribution in [0, 0.1) is 10.1 Å². The third-order valence-electron chi connectivity index (χ3n) is 2.71. The summed E-state index contributed by atoms with van der Waals surface area (Å²) < 4.78 is 1.64. The second-order valence-electron chi connectivity index (χ2n) is 3.95. The first-order valence-electron chi connectivity index (χ1n) is 5.56. The lowest BCUT2D eigenvalue weighted by Crippen LogP contribution is -2.05. The van der Waals surface area contributed by atoms with E-state index in [4.69, 9.17) is 5.84 Å². The van der Waals surface area contributed by atoms with Crippen molar-refractivity contribution in [3.05, 3.63) is 39.5 Å². The minimum absolute atomic E-state index is 0.0285.